The lowest BCUT2D eigenvalue weighted by atomic mass is 10.1. The van der Waals surface area contributed by atoms with Gasteiger partial charge in [-0.2, -0.15) is 0 Å². The summed E-state index contributed by atoms with van der Waals surface area (Å²) < 4.78 is 25.8. The molecule has 0 aromatic carbocycles. The molecule has 106 valence electrons. The molecule has 0 rings (SSSR count). The summed E-state index contributed by atoms with van der Waals surface area (Å²) in [5.41, 5.74) is 4.95. The maximum absolute atomic E-state index is 11.8. The summed E-state index contributed by atoms with van der Waals surface area (Å²) in [4.78, 5) is 11.4. The van der Waals surface area contributed by atoms with E-state index in [1.165, 1.54) is 0 Å². The fourth-order valence-corrected chi connectivity index (χ4v) is 3.13. The molecule has 1 unspecified atom stereocenters. The van der Waals surface area contributed by atoms with Crippen molar-refractivity contribution in [3.63, 3.8) is 0 Å². The molecule has 0 saturated carbocycles. The summed E-state index contributed by atoms with van der Waals surface area (Å²) >= 11 is 4.69. The highest BCUT2D eigenvalue weighted by Crippen LogP contribution is 2.04. The van der Waals surface area contributed by atoms with Crippen LogP contribution in [0.2, 0.25) is 0 Å². The van der Waals surface area contributed by atoms with Crippen LogP contribution in [0.4, 0.5) is 0 Å². The van der Waals surface area contributed by atoms with Gasteiger partial charge in [0.25, 0.3) is 0 Å². The normalized spacial score (nSPS) is 14.0. The molecular weight excluding hydrogens is 274 g/mol. The Bertz CT molecular complexity index is 413. The average molecular weight is 295 g/mol. The summed E-state index contributed by atoms with van der Waals surface area (Å²) in [7, 11) is -3.70. The van der Waals surface area contributed by atoms with Crippen LogP contribution in [0.5, 0.6) is 0 Å². The van der Waals surface area contributed by atoms with Gasteiger partial charge < -0.3 is 11.1 Å². The zero-order chi connectivity index (χ0) is 14.6. The van der Waals surface area contributed by atoms with Crippen molar-refractivity contribution in [2.75, 3.05) is 6.54 Å². The molecule has 6 nitrogen and oxygen atoms in total. The van der Waals surface area contributed by atoms with Crippen molar-refractivity contribution in [2.24, 2.45) is 5.73 Å². The van der Waals surface area contributed by atoms with Crippen LogP contribution in [0.15, 0.2) is 0 Å². The van der Waals surface area contributed by atoms with Crippen LogP contribution < -0.4 is 15.8 Å². The average Bonchev–Trinajstić information content (AvgIpc) is 2.12. The Morgan fingerprint density at radius 3 is 2.22 bits per heavy atom. The Hall–Kier alpha value is -0.730. The van der Waals surface area contributed by atoms with E-state index in [0.29, 0.717) is 0 Å². The number of amides is 1. The molecule has 0 fully saturated rings. The minimum Gasteiger partial charge on any atom is -0.392 e. The quantitative estimate of drug-likeness (QED) is 0.593. The van der Waals surface area contributed by atoms with Gasteiger partial charge in [0.1, 0.15) is 5.25 Å². The van der Waals surface area contributed by atoms with Gasteiger partial charge in [-0.25, -0.2) is 13.1 Å². The second-order valence-corrected chi connectivity index (χ2v) is 7.38. The van der Waals surface area contributed by atoms with E-state index in [1.807, 2.05) is 20.8 Å². The third kappa shape index (κ3) is 6.27. The van der Waals surface area contributed by atoms with Crippen LogP contribution in [0.1, 0.15) is 34.1 Å². The first-order chi connectivity index (χ1) is 7.99. The van der Waals surface area contributed by atoms with Gasteiger partial charge in [0, 0.05) is 5.54 Å². The van der Waals surface area contributed by atoms with E-state index in [0.717, 1.165) is 0 Å². The van der Waals surface area contributed by atoms with Crippen molar-refractivity contribution in [2.45, 2.75) is 44.9 Å². The number of rotatable bonds is 6. The first kappa shape index (κ1) is 17.3. The van der Waals surface area contributed by atoms with Gasteiger partial charge >= 0.3 is 0 Å². The van der Waals surface area contributed by atoms with Gasteiger partial charge in [0.2, 0.25) is 15.9 Å². The Kier molecular flexibility index (Phi) is 6.18. The molecule has 1 amide bonds. The number of thiocarbonyl (C=S) groups is 1. The summed E-state index contributed by atoms with van der Waals surface area (Å²) in [6.07, 6.45) is 0.269. The van der Waals surface area contributed by atoms with Crippen molar-refractivity contribution in [3.05, 3.63) is 0 Å². The molecule has 0 aliphatic rings. The number of nitrogens with two attached hydrogens (primary N) is 1. The number of hydrogen-bond acceptors (Lipinski definition) is 4. The molecule has 0 aromatic rings. The highest BCUT2D eigenvalue weighted by Gasteiger charge is 2.27. The summed E-state index contributed by atoms with van der Waals surface area (Å²) in [6, 6.07) is 0. The monoisotopic (exact) mass is 295 g/mol. The lowest BCUT2D eigenvalue weighted by Crippen LogP contribution is -2.48. The first-order valence-electron chi connectivity index (χ1n) is 5.58. The number of carbonyl (C=O) groups excluding carboxylic acids is 1. The van der Waals surface area contributed by atoms with Gasteiger partial charge in [0.05, 0.1) is 11.5 Å². The third-order valence-corrected chi connectivity index (χ3v) is 4.33. The Morgan fingerprint density at radius 2 is 1.89 bits per heavy atom. The molecular formula is C10H21N3O3S2. The van der Waals surface area contributed by atoms with E-state index >= 15 is 0 Å². The molecule has 0 aromatic heterocycles. The maximum atomic E-state index is 11.8. The van der Waals surface area contributed by atoms with Crippen LogP contribution in [-0.2, 0) is 14.8 Å². The minimum atomic E-state index is -3.70. The molecule has 4 N–H and O–H groups in total. The highest BCUT2D eigenvalue weighted by molar-refractivity contribution is 7.93. The summed E-state index contributed by atoms with van der Waals surface area (Å²) in [5, 5.41) is 1.70. The van der Waals surface area contributed by atoms with Gasteiger partial charge in [-0.3, -0.25) is 4.79 Å². The minimum absolute atomic E-state index is 0.0961. The van der Waals surface area contributed by atoms with Crippen LogP contribution >= 0.6 is 12.2 Å². The van der Waals surface area contributed by atoms with E-state index in [4.69, 9.17) is 5.73 Å². The van der Waals surface area contributed by atoms with Crippen molar-refractivity contribution in [1.82, 2.24) is 10.0 Å². The van der Waals surface area contributed by atoms with Crippen molar-refractivity contribution >= 4 is 33.1 Å². The standard InChI is InChI=1S/C10H21N3O3S2/c1-5-7(9(11)17)18(15,16)12-6-8(14)13-10(2,3)4/h7,12H,5-6H2,1-4H3,(H2,11,17)(H,13,14). The molecule has 0 radical (unpaired) electrons. The molecule has 0 aliphatic heterocycles. The number of hydrogen-bond donors (Lipinski definition) is 3. The highest BCUT2D eigenvalue weighted by atomic mass is 32.2. The van der Waals surface area contributed by atoms with Crippen molar-refractivity contribution < 1.29 is 13.2 Å². The van der Waals surface area contributed by atoms with Crippen LogP contribution in [0.3, 0.4) is 0 Å². The fourth-order valence-electron chi connectivity index (χ4n) is 1.30. The lowest BCUT2D eigenvalue weighted by Gasteiger charge is -2.21. The summed E-state index contributed by atoms with van der Waals surface area (Å²) in [5.74, 6) is -0.399. The van der Waals surface area contributed by atoms with Crippen LogP contribution in [-0.4, -0.2) is 36.6 Å². The van der Waals surface area contributed by atoms with Gasteiger partial charge in [0.15, 0.2) is 0 Å². The molecule has 0 bridgehead atoms. The van der Waals surface area contributed by atoms with Gasteiger partial charge in [-0.1, -0.05) is 19.1 Å². The van der Waals surface area contributed by atoms with Crippen molar-refractivity contribution in [3.8, 4) is 0 Å². The molecule has 18 heavy (non-hydrogen) atoms. The van der Waals surface area contributed by atoms with E-state index in [2.05, 4.69) is 22.3 Å². The number of nitrogens with one attached hydrogen (secondary N) is 2. The zero-order valence-electron chi connectivity index (χ0n) is 11.1. The molecule has 0 aliphatic carbocycles. The molecule has 8 heteroatoms. The Balaban J connectivity index is 4.53. The van der Waals surface area contributed by atoms with Gasteiger partial charge in [-0.15, -0.1) is 0 Å². The first-order valence-corrected chi connectivity index (χ1v) is 7.54. The van der Waals surface area contributed by atoms with Crippen LogP contribution in [0.25, 0.3) is 0 Å². The Morgan fingerprint density at radius 1 is 1.39 bits per heavy atom. The molecule has 0 saturated heterocycles. The second-order valence-electron chi connectivity index (χ2n) is 4.96. The number of sulfonamides is 1. The van der Waals surface area contributed by atoms with E-state index in [9.17, 15) is 13.2 Å². The zero-order valence-corrected chi connectivity index (χ0v) is 12.7. The van der Waals surface area contributed by atoms with E-state index in [1.54, 1.807) is 6.92 Å². The van der Waals surface area contributed by atoms with Crippen LogP contribution in [0, 0.1) is 0 Å². The second kappa shape index (κ2) is 6.44. The predicted octanol–water partition coefficient (Wildman–Crippen LogP) is -0.115. The molecule has 0 spiro atoms. The lowest BCUT2D eigenvalue weighted by molar-refractivity contribution is -0.121. The topological polar surface area (TPSA) is 101 Å². The van der Waals surface area contributed by atoms with Gasteiger partial charge in [-0.05, 0) is 27.2 Å². The van der Waals surface area contributed by atoms with Crippen molar-refractivity contribution in [1.29, 1.82) is 0 Å². The molecule has 1 atom stereocenters. The third-order valence-electron chi connectivity index (χ3n) is 2.01. The van der Waals surface area contributed by atoms with E-state index < -0.39 is 26.7 Å². The predicted molar refractivity (Wildman–Crippen MR) is 75.7 cm³/mol. The SMILES string of the molecule is CCC(C(N)=S)S(=O)(=O)NCC(=O)NC(C)(C)C. The largest absolute Gasteiger partial charge is 0.392 e. The number of carbonyl (C=O) groups is 1. The molecule has 0 heterocycles. The maximum Gasteiger partial charge on any atom is 0.235 e. The smallest absolute Gasteiger partial charge is 0.235 e. The van der Waals surface area contributed by atoms with E-state index in [-0.39, 0.29) is 18.0 Å². The fraction of sp³-hybridized carbons (Fsp3) is 0.800. The summed E-state index contributed by atoms with van der Waals surface area (Å²) in [6.45, 7) is 6.77. The Labute approximate surface area is 114 Å².